The van der Waals surface area contributed by atoms with Gasteiger partial charge in [0.15, 0.2) is 10.9 Å². The maximum absolute atomic E-state index is 12.4. The highest BCUT2D eigenvalue weighted by Crippen LogP contribution is 2.28. The van der Waals surface area contributed by atoms with Gasteiger partial charge in [-0.25, -0.2) is 0 Å². The van der Waals surface area contributed by atoms with Crippen LogP contribution in [-0.2, 0) is 9.59 Å². The highest BCUT2D eigenvalue weighted by Gasteiger charge is 2.30. The maximum atomic E-state index is 12.4. The summed E-state index contributed by atoms with van der Waals surface area (Å²) in [5.41, 5.74) is 2.05. The van der Waals surface area contributed by atoms with Crippen molar-refractivity contribution in [3.05, 3.63) is 65.7 Å². The summed E-state index contributed by atoms with van der Waals surface area (Å²) < 4.78 is 0. The van der Waals surface area contributed by atoms with Crippen molar-refractivity contribution < 1.29 is 14.4 Å². The van der Waals surface area contributed by atoms with E-state index in [1.165, 1.54) is 11.8 Å². The molecule has 2 aromatic carbocycles. The first-order chi connectivity index (χ1) is 12.0. The van der Waals surface area contributed by atoms with Crippen molar-refractivity contribution in [1.29, 1.82) is 0 Å². The lowest BCUT2D eigenvalue weighted by atomic mass is 10.0. The summed E-state index contributed by atoms with van der Waals surface area (Å²) in [6, 6.07) is 16.3. The number of amides is 1. The number of rotatable bonds is 5. The second kappa shape index (κ2) is 7.66. The van der Waals surface area contributed by atoms with E-state index >= 15 is 0 Å². The van der Waals surface area contributed by atoms with Gasteiger partial charge < -0.3 is 4.90 Å². The summed E-state index contributed by atoms with van der Waals surface area (Å²) in [7, 11) is 0. The summed E-state index contributed by atoms with van der Waals surface area (Å²) >= 11 is 1.27. The molecular weight excluding hydrogens is 334 g/mol. The van der Waals surface area contributed by atoms with Crippen LogP contribution >= 0.6 is 11.8 Å². The molecule has 1 amide bonds. The fourth-order valence-corrected chi connectivity index (χ4v) is 3.62. The van der Waals surface area contributed by atoms with Crippen molar-refractivity contribution in [2.24, 2.45) is 5.92 Å². The number of benzene rings is 2. The van der Waals surface area contributed by atoms with E-state index in [4.69, 9.17) is 0 Å². The molecule has 1 heterocycles. The first-order valence-electron chi connectivity index (χ1n) is 8.18. The van der Waals surface area contributed by atoms with E-state index in [2.05, 4.69) is 0 Å². The second-order valence-corrected chi connectivity index (χ2v) is 7.32. The molecule has 1 aliphatic heterocycles. The number of nitrogens with zero attached hydrogens (tertiary/aromatic N) is 1. The number of carbonyl (C=O) groups excluding carboxylic acids is 3. The number of hydrogen-bond donors (Lipinski definition) is 0. The minimum atomic E-state index is -0.0318. The summed E-state index contributed by atoms with van der Waals surface area (Å²) in [6.45, 7) is 2.16. The number of anilines is 1. The van der Waals surface area contributed by atoms with E-state index < -0.39 is 0 Å². The minimum Gasteiger partial charge on any atom is -0.312 e. The van der Waals surface area contributed by atoms with Crippen LogP contribution in [-0.4, -0.2) is 29.1 Å². The van der Waals surface area contributed by atoms with E-state index in [0.717, 1.165) is 5.69 Å². The Kier molecular flexibility index (Phi) is 5.34. The average molecular weight is 353 g/mol. The van der Waals surface area contributed by atoms with Crippen molar-refractivity contribution in [3.63, 3.8) is 0 Å². The second-order valence-electron chi connectivity index (χ2n) is 6.12. The van der Waals surface area contributed by atoms with Gasteiger partial charge in [0.2, 0.25) is 5.91 Å². The fraction of sp³-hybridized carbons (Fsp3) is 0.250. The molecule has 128 valence electrons. The van der Waals surface area contributed by atoms with E-state index in [0.29, 0.717) is 29.8 Å². The van der Waals surface area contributed by atoms with Gasteiger partial charge in [-0.1, -0.05) is 42.1 Å². The van der Waals surface area contributed by atoms with E-state index in [-0.39, 0.29) is 22.7 Å². The molecule has 1 aliphatic rings. The standard InChI is InChI=1S/C20H19NO3S/c1-14(22)25-13-15-11-19(23)21(12-15)18-9-7-17(8-10-18)20(24)16-5-3-2-4-6-16/h2-10,15H,11-13H2,1H3. The topological polar surface area (TPSA) is 54.5 Å². The molecule has 0 radical (unpaired) electrons. The maximum Gasteiger partial charge on any atom is 0.227 e. The molecule has 2 aromatic rings. The van der Waals surface area contributed by atoms with Crippen LogP contribution in [0.4, 0.5) is 5.69 Å². The molecule has 5 heteroatoms. The van der Waals surface area contributed by atoms with Crippen molar-refractivity contribution in [2.75, 3.05) is 17.2 Å². The van der Waals surface area contributed by atoms with Crippen molar-refractivity contribution >= 4 is 34.3 Å². The average Bonchev–Trinajstić information content (AvgIpc) is 3.01. The molecule has 0 N–H and O–H groups in total. The monoisotopic (exact) mass is 353 g/mol. The van der Waals surface area contributed by atoms with E-state index in [1.807, 2.05) is 30.3 Å². The third-order valence-electron chi connectivity index (χ3n) is 4.20. The zero-order chi connectivity index (χ0) is 17.8. The van der Waals surface area contributed by atoms with Gasteiger partial charge in [0.1, 0.15) is 0 Å². The molecule has 0 spiro atoms. The zero-order valence-corrected chi connectivity index (χ0v) is 14.8. The van der Waals surface area contributed by atoms with Gasteiger partial charge >= 0.3 is 0 Å². The lowest BCUT2D eigenvalue weighted by Gasteiger charge is -2.17. The van der Waals surface area contributed by atoms with Crippen molar-refractivity contribution in [1.82, 2.24) is 0 Å². The number of ketones is 1. The smallest absolute Gasteiger partial charge is 0.227 e. The fourth-order valence-electron chi connectivity index (χ4n) is 2.93. The van der Waals surface area contributed by atoms with E-state index in [1.54, 1.807) is 36.1 Å². The summed E-state index contributed by atoms with van der Waals surface area (Å²) in [6.07, 6.45) is 0.463. The van der Waals surface area contributed by atoms with Gasteiger partial charge in [-0.2, -0.15) is 0 Å². The quantitative estimate of drug-likeness (QED) is 0.772. The molecule has 1 saturated heterocycles. The van der Waals surface area contributed by atoms with Gasteiger partial charge in [-0.15, -0.1) is 0 Å². The van der Waals surface area contributed by atoms with Crippen LogP contribution in [0.25, 0.3) is 0 Å². The summed E-state index contributed by atoms with van der Waals surface area (Å²) in [5, 5.41) is 0.0784. The largest absolute Gasteiger partial charge is 0.312 e. The van der Waals surface area contributed by atoms with Crippen LogP contribution in [0.15, 0.2) is 54.6 Å². The van der Waals surface area contributed by atoms with Crippen LogP contribution < -0.4 is 4.90 Å². The van der Waals surface area contributed by atoms with Gasteiger partial charge in [0, 0.05) is 42.5 Å². The molecule has 3 rings (SSSR count). The Bertz CT molecular complexity index is 786. The third-order valence-corrected chi connectivity index (χ3v) is 5.25. The van der Waals surface area contributed by atoms with Crippen LogP contribution in [0, 0.1) is 5.92 Å². The molecule has 0 aliphatic carbocycles. The molecule has 0 bridgehead atoms. The Balaban J connectivity index is 1.69. The molecule has 0 aromatic heterocycles. The Morgan fingerprint density at radius 2 is 1.68 bits per heavy atom. The van der Waals surface area contributed by atoms with Crippen LogP contribution in [0.2, 0.25) is 0 Å². The molecule has 0 saturated carbocycles. The molecule has 4 nitrogen and oxygen atoms in total. The molecule has 1 fully saturated rings. The SMILES string of the molecule is CC(=O)SCC1CC(=O)N(c2ccc(C(=O)c3ccccc3)cc2)C1. The first kappa shape index (κ1) is 17.4. The van der Waals surface area contributed by atoms with Gasteiger partial charge in [0.25, 0.3) is 0 Å². The predicted octanol–water partition coefficient (Wildman–Crippen LogP) is 3.55. The zero-order valence-electron chi connectivity index (χ0n) is 14.0. The molecule has 1 atom stereocenters. The van der Waals surface area contributed by atoms with Crippen LogP contribution in [0.1, 0.15) is 29.3 Å². The Labute approximate surface area is 151 Å². The normalized spacial score (nSPS) is 16.9. The Morgan fingerprint density at radius 3 is 2.32 bits per heavy atom. The first-order valence-corrected chi connectivity index (χ1v) is 9.16. The predicted molar refractivity (Wildman–Crippen MR) is 99.9 cm³/mol. The van der Waals surface area contributed by atoms with Gasteiger partial charge in [-0.05, 0) is 30.2 Å². The highest BCUT2D eigenvalue weighted by molar-refractivity contribution is 8.13. The molecular formula is C20H19NO3S. The lowest BCUT2D eigenvalue weighted by molar-refractivity contribution is -0.117. The van der Waals surface area contributed by atoms with Crippen molar-refractivity contribution in [3.8, 4) is 0 Å². The lowest BCUT2D eigenvalue weighted by Crippen LogP contribution is -2.24. The minimum absolute atomic E-state index is 0.0318. The molecule has 25 heavy (non-hydrogen) atoms. The van der Waals surface area contributed by atoms with Gasteiger partial charge in [0.05, 0.1) is 0 Å². The summed E-state index contributed by atoms with van der Waals surface area (Å²) in [5.74, 6) is 0.890. The Hall–Kier alpha value is -2.40. The third kappa shape index (κ3) is 4.17. The Morgan fingerprint density at radius 1 is 1.04 bits per heavy atom. The van der Waals surface area contributed by atoms with Crippen LogP contribution in [0.3, 0.4) is 0 Å². The highest BCUT2D eigenvalue weighted by atomic mass is 32.2. The summed E-state index contributed by atoms with van der Waals surface area (Å²) in [4.78, 5) is 37.5. The van der Waals surface area contributed by atoms with E-state index in [9.17, 15) is 14.4 Å². The number of thioether (sulfide) groups is 1. The van der Waals surface area contributed by atoms with Crippen LogP contribution in [0.5, 0.6) is 0 Å². The number of hydrogen-bond acceptors (Lipinski definition) is 4. The number of carbonyl (C=O) groups is 3. The van der Waals surface area contributed by atoms with Crippen molar-refractivity contribution in [2.45, 2.75) is 13.3 Å². The van der Waals surface area contributed by atoms with Gasteiger partial charge in [-0.3, -0.25) is 14.4 Å². The molecule has 1 unspecified atom stereocenters.